The van der Waals surface area contributed by atoms with Crippen LogP contribution in [0.4, 0.5) is 0 Å². The van der Waals surface area contributed by atoms with Gasteiger partial charge in [0.15, 0.2) is 0 Å². The van der Waals surface area contributed by atoms with E-state index < -0.39 is 0 Å². The number of hydrogen-bond acceptors (Lipinski definition) is 5. The zero-order valence-corrected chi connectivity index (χ0v) is 16.9. The summed E-state index contributed by atoms with van der Waals surface area (Å²) in [6.45, 7) is 3.56. The molecule has 0 unspecified atom stereocenters. The molecule has 5 rings (SSSR count). The van der Waals surface area contributed by atoms with Gasteiger partial charge in [-0.05, 0) is 50.8 Å². The lowest BCUT2D eigenvalue weighted by Gasteiger charge is -2.32. The van der Waals surface area contributed by atoms with Gasteiger partial charge in [-0.2, -0.15) is 0 Å². The Morgan fingerprint density at radius 3 is 2.31 bits per heavy atom. The molecule has 3 fully saturated rings. The molecule has 3 heterocycles. The van der Waals surface area contributed by atoms with Crippen LogP contribution >= 0.6 is 0 Å². The fraction of sp³-hybridized carbons (Fsp3) is 0.636. The van der Waals surface area contributed by atoms with E-state index in [1.54, 1.807) is 4.90 Å². The van der Waals surface area contributed by atoms with Crippen molar-refractivity contribution in [2.24, 2.45) is 11.8 Å². The second-order valence-corrected chi connectivity index (χ2v) is 8.77. The molecule has 154 valence electrons. The van der Waals surface area contributed by atoms with Gasteiger partial charge in [0.05, 0.1) is 23.4 Å². The topological polar surface area (TPSA) is 71.3 Å². The molecule has 7 heteroatoms. The van der Waals surface area contributed by atoms with Gasteiger partial charge in [-0.15, -0.1) is 5.10 Å². The number of aromatic nitrogens is 3. The average molecular weight is 396 g/mol. The summed E-state index contributed by atoms with van der Waals surface area (Å²) in [6.07, 6.45) is 6.95. The third-order valence-electron chi connectivity index (χ3n) is 7.07. The van der Waals surface area contributed by atoms with Crippen molar-refractivity contribution in [2.45, 2.75) is 51.0 Å². The van der Waals surface area contributed by atoms with E-state index >= 15 is 0 Å². The minimum Gasteiger partial charge on any atom is -0.303 e. The fourth-order valence-electron chi connectivity index (χ4n) is 5.45. The summed E-state index contributed by atoms with van der Waals surface area (Å²) in [7, 11) is 0. The summed E-state index contributed by atoms with van der Waals surface area (Å²) in [5.41, 5.74) is 2.06. The Hall–Kier alpha value is -2.28. The number of para-hydroxylation sites is 1. The number of likely N-dealkylation sites (tertiary alicyclic amines) is 2. The van der Waals surface area contributed by atoms with Crippen LogP contribution in [0.5, 0.6) is 0 Å². The second kappa shape index (κ2) is 7.86. The Labute approximate surface area is 171 Å². The summed E-state index contributed by atoms with van der Waals surface area (Å²) in [6, 6.07) is 8.51. The molecule has 1 aromatic carbocycles. The quantitative estimate of drug-likeness (QED) is 0.728. The predicted molar refractivity (Wildman–Crippen MR) is 109 cm³/mol. The van der Waals surface area contributed by atoms with Crippen molar-refractivity contribution in [1.29, 1.82) is 0 Å². The number of carbonyl (C=O) groups excluding carboxylic acids is 2. The SMILES string of the molecule is O=C1[C@H]2CCCC[C@H]2C(=O)N1CCCN1CCC(n2nnc3ccccc32)CC1. The molecule has 0 radical (unpaired) electrons. The minimum absolute atomic E-state index is 0.0236. The Bertz CT molecular complexity index is 877. The molecule has 2 aliphatic heterocycles. The van der Waals surface area contributed by atoms with Crippen molar-refractivity contribution < 1.29 is 9.59 Å². The van der Waals surface area contributed by atoms with Gasteiger partial charge < -0.3 is 4.90 Å². The van der Waals surface area contributed by atoms with Gasteiger partial charge in [0.25, 0.3) is 0 Å². The molecule has 0 N–H and O–H groups in total. The van der Waals surface area contributed by atoms with Gasteiger partial charge in [-0.3, -0.25) is 14.5 Å². The van der Waals surface area contributed by atoms with Crippen LogP contribution in [-0.4, -0.2) is 62.8 Å². The first-order valence-corrected chi connectivity index (χ1v) is 11.1. The number of piperidine rings is 1. The first-order valence-electron chi connectivity index (χ1n) is 11.1. The smallest absolute Gasteiger partial charge is 0.233 e. The molecule has 2 atom stereocenters. The lowest BCUT2D eigenvalue weighted by molar-refractivity contribution is -0.140. The van der Waals surface area contributed by atoms with Crippen LogP contribution in [0.2, 0.25) is 0 Å². The Morgan fingerprint density at radius 1 is 0.897 bits per heavy atom. The highest BCUT2D eigenvalue weighted by atomic mass is 16.2. The molecule has 7 nitrogen and oxygen atoms in total. The zero-order chi connectivity index (χ0) is 19.8. The molecule has 3 aliphatic rings. The highest BCUT2D eigenvalue weighted by Gasteiger charge is 2.47. The first-order chi connectivity index (χ1) is 14.2. The van der Waals surface area contributed by atoms with E-state index in [-0.39, 0.29) is 23.7 Å². The molecular formula is C22H29N5O2. The Kier molecular flexibility index (Phi) is 5.08. The Balaban J connectivity index is 1.11. The van der Waals surface area contributed by atoms with Crippen molar-refractivity contribution in [3.63, 3.8) is 0 Å². The summed E-state index contributed by atoms with van der Waals surface area (Å²) in [5, 5.41) is 8.66. The van der Waals surface area contributed by atoms with Crippen LogP contribution in [0, 0.1) is 11.8 Å². The fourth-order valence-corrected chi connectivity index (χ4v) is 5.45. The van der Waals surface area contributed by atoms with Gasteiger partial charge in [0, 0.05) is 19.6 Å². The molecule has 2 aromatic rings. The number of amides is 2. The molecular weight excluding hydrogens is 366 g/mol. The number of rotatable bonds is 5. The van der Waals surface area contributed by atoms with Gasteiger partial charge in [-0.25, -0.2) is 4.68 Å². The van der Waals surface area contributed by atoms with Crippen molar-refractivity contribution >= 4 is 22.8 Å². The van der Waals surface area contributed by atoms with Crippen LogP contribution in [0.15, 0.2) is 24.3 Å². The largest absolute Gasteiger partial charge is 0.303 e. The maximum atomic E-state index is 12.6. The maximum absolute atomic E-state index is 12.6. The van der Waals surface area contributed by atoms with Crippen LogP contribution in [0.25, 0.3) is 11.0 Å². The number of nitrogens with zero attached hydrogens (tertiary/aromatic N) is 5. The zero-order valence-electron chi connectivity index (χ0n) is 16.9. The number of benzene rings is 1. The maximum Gasteiger partial charge on any atom is 0.233 e. The van der Waals surface area contributed by atoms with E-state index in [1.165, 1.54) is 0 Å². The van der Waals surface area contributed by atoms with E-state index in [4.69, 9.17) is 0 Å². The van der Waals surface area contributed by atoms with Crippen LogP contribution in [0.3, 0.4) is 0 Å². The van der Waals surface area contributed by atoms with Crippen molar-refractivity contribution in [3.8, 4) is 0 Å². The van der Waals surface area contributed by atoms with Crippen molar-refractivity contribution in [2.75, 3.05) is 26.2 Å². The summed E-state index contributed by atoms with van der Waals surface area (Å²) < 4.78 is 2.08. The van der Waals surface area contributed by atoms with E-state index in [9.17, 15) is 9.59 Å². The third-order valence-corrected chi connectivity index (χ3v) is 7.07. The predicted octanol–water partition coefficient (Wildman–Crippen LogP) is 2.63. The van der Waals surface area contributed by atoms with Crippen LogP contribution < -0.4 is 0 Å². The lowest BCUT2D eigenvalue weighted by Crippen LogP contribution is -2.38. The molecule has 1 aromatic heterocycles. The number of hydrogen-bond donors (Lipinski definition) is 0. The molecule has 2 amide bonds. The molecule has 0 spiro atoms. The van der Waals surface area contributed by atoms with Gasteiger partial charge >= 0.3 is 0 Å². The number of imide groups is 1. The number of carbonyl (C=O) groups is 2. The highest BCUT2D eigenvalue weighted by molar-refractivity contribution is 6.05. The number of fused-ring (bicyclic) bond motifs is 2. The summed E-state index contributed by atoms with van der Waals surface area (Å²) in [5.74, 6) is 0.141. The minimum atomic E-state index is -0.0236. The average Bonchev–Trinajstić information content (AvgIpc) is 3.30. The normalized spacial score (nSPS) is 26.4. The second-order valence-electron chi connectivity index (χ2n) is 8.77. The molecule has 1 aliphatic carbocycles. The summed E-state index contributed by atoms with van der Waals surface area (Å²) >= 11 is 0. The van der Waals surface area contributed by atoms with E-state index in [0.29, 0.717) is 12.6 Å². The van der Waals surface area contributed by atoms with Crippen molar-refractivity contribution in [3.05, 3.63) is 24.3 Å². The first kappa shape index (κ1) is 18.7. The molecule has 29 heavy (non-hydrogen) atoms. The van der Waals surface area contributed by atoms with Crippen molar-refractivity contribution in [1.82, 2.24) is 24.8 Å². The lowest BCUT2D eigenvalue weighted by atomic mass is 9.81. The monoisotopic (exact) mass is 395 g/mol. The molecule has 2 saturated heterocycles. The molecule has 1 saturated carbocycles. The van der Waals surface area contributed by atoms with Crippen LogP contribution in [0.1, 0.15) is 51.0 Å². The van der Waals surface area contributed by atoms with E-state index in [2.05, 4.69) is 26.0 Å². The van der Waals surface area contributed by atoms with Gasteiger partial charge in [0.1, 0.15) is 5.52 Å². The van der Waals surface area contributed by atoms with Gasteiger partial charge in [-0.1, -0.05) is 30.2 Å². The van der Waals surface area contributed by atoms with E-state index in [1.807, 2.05) is 18.2 Å². The summed E-state index contributed by atoms with van der Waals surface area (Å²) in [4.78, 5) is 29.2. The Morgan fingerprint density at radius 2 is 1.59 bits per heavy atom. The third kappa shape index (κ3) is 3.45. The standard InChI is InChI=1S/C22H29N5O2/c28-21-17-6-1-2-7-18(17)22(29)26(21)13-5-12-25-14-10-16(11-15-25)27-20-9-4-3-8-19(20)23-24-27/h3-4,8-9,16-18H,1-2,5-7,10-15H2/t17-,18+. The molecule has 0 bridgehead atoms. The van der Waals surface area contributed by atoms with Crippen LogP contribution in [-0.2, 0) is 9.59 Å². The van der Waals surface area contributed by atoms with Gasteiger partial charge in [0.2, 0.25) is 11.8 Å². The highest BCUT2D eigenvalue weighted by Crippen LogP contribution is 2.38. The van der Waals surface area contributed by atoms with E-state index in [0.717, 1.165) is 75.6 Å².